The van der Waals surface area contributed by atoms with Crippen molar-refractivity contribution in [3.63, 3.8) is 0 Å². The Hall–Kier alpha value is -2.70. The second kappa shape index (κ2) is 7.50. The standard InChI is InChI=1S/C18H15ClN4O3S/c19-13-7-5-12(6-8-13)17-15(11-24)23(10-9-20)22-18(17)14-3-1-2-4-16(14)27(21,25)26/h1-8,24H,10-11H2,(H2,21,25,26). The van der Waals surface area contributed by atoms with Crippen LogP contribution in [0.4, 0.5) is 0 Å². The lowest BCUT2D eigenvalue weighted by molar-refractivity contribution is 0.270. The number of hydrogen-bond donors (Lipinski definition) is 2. The number of aliphatic hydroxyl groups is 1. The van der Waals surface area contributed by atoms with Gasteiger partial charge < -0.3 is 5.11 Å². The Kier molecular flexibility index (Phi) is 5.30. The fourth-order valence-electron chi connectivity index (χ4n) is 2.87. The number of rotatable bonds is 5. The number of benzene rings is 2. The third kappa shape index (κ3) is 3.72. The van der Waals surface area contributed by atoms with E-state index in [9.17, 15) is 13.5 Å². The van der Waals surface area contributed by atoms with E-state index >= 15 is 0 Å². The number of nitriles is 1. The molecule has 0 saturated heterocycles. The Morgan fingerprint density at radius 3 is 2.44 bits per heavy atom. The molecule has 1 aromatic heterocycles. The Morgan fingerprint density at radius 1 is 1.19 bits per heavy atom. The molecule has 7 nitrogen and oxygen atoms in total. The van der Waals surface area contributed by atoms with Gasteiger partial charge in [0.25, 0.3) is 0 Å². The van der Waals surface area contributed by atoms with Gasteiger partial charge in [0.2, 0.25) is 10.0 Å². The summed E-state index contributed by atoms with van der Waals surface area (Å²) in [6, 6.07) is 15.0. The Morgan fingerprint density at radius 2 is 1.85 bits per heavy atom. The van der Waals surface area contributed by atoms with Crippen LogP contribution >= 0.6 is 11.6 Å². The van der Waals surface area contributed by atoms with Crippen molar-refractivity contribution in [2.45, 2.75) is 18.0 Å². The number of aliphatic hydroxyl groups excluding tert-OH is 1. The molecule has 0 aliphatic carbocycles. The fourth-order valence-corrected chi connectivity index (χ4v) is 3.74. The van der Waals surface area contributed by atoms with Crippen molar-refractivity contribution < 1.29 is 13.5 Å². The van der Waals surface area contributed by atoms with E-state index in [1.165, 1.54) is 10.7 Å². The molecule has 27 heavy (non-hydrogen) atoms. The summed E-state index contributed by atoms with van der Waals surface area (Å²) in [5.74, 6) is 0. The summed E-state index contributed by atoms with van der Waals surface area (Å²) < 4.78 is 25.4. The number of nitrogens with two attached hydrogens (primary N) is 1. The van der Waals surface area contributed by atoms with E-state index in [0.29, 0.717) is 27.5 Å². The minimum absolute atomic E-state index is 0.0914. The van der Waals surface area contributed by atoms with E-state index in [4.69, 9.17) is 22.0 Å². The van der Waals surface area contributed by atoms with Gasteiger partial charge in [0.15, 0.2) is 0 Å². The van der Waals surface area contributed by atoms with Gasteiger partial charge in [-0.15, -0.1) is 0 Å². The number of sulfonamides is 1. The summed E-state index contributed by atoms with van der Waals surface area (Å²) in [4.78, 5) is -0.0914. The van der Waals surface area contributed by atoms with E-state index in [-0.39, 0.29) is 23.6 Å². The van der Waals surface area contributed by atoms with Crippen LogP contribution in [0.25, 0.3) is 22.4 Å². The number of aromatic nitrogens is 2. The van der Waals surface area contributed by atoms with Gasteiger partial charge in [-0.25, -0.2) is 13.6 Å². The van der Waals surface area contributed by atoms with Gasteiger partial charge in [-0.3, -0.25) is 4.68 Å². The average Bonchev–Trinajstić information content (AvgIpc) is 3.00. The van der Waals surface area contributed by atoms with Crippen LogP contribution in [0.2, 0.25) is 5.02 Å². The predicted molar refractivity (Wildman–Crippen MR) is 101 cm³/mol. The molecule has 0 amide bonds. The Labute approximate surface area is 161 Å². The van der Waals surface area contributed by atoms with Crippen molar-refractivity contribution in [1.82, 2.24) is 9.78 Å². The number of nitrogens with zero attached hydrogens (tertiary/aromatic N) is 3. The maximum Gasteiger partial charge on any atom is 0.238 e. The van der Waals surface area contributed by atoms with Crippen molar-refractivity contribution in [3.8, 4) is 28.5 Å². The van der Waals surface area contributed by atoms with Gasteiger partial charge in [0.05, 0.1) is 23.3 Å². The monoisotopic (exact) mass is 402 g/mol. The maximum atomic E-state index is 12.0. The molecule has 138 valence electrons. The second-order valence-corrected chi connectivity index (χ2v) is 7.66. The van der Waals surface area contributed by atoms with E-state index in [1.807, 2.05) is 6.07 Å². The smallest absolute Gasteiger partial charge is 0.238 e. The lowest BCUT2D eigenvalue weighted by Gasteiger charge is -2.09. The van der Waals surface area contributed by atoms with Gasteiger partial charge in [-0.05, 0) is 23.8 Å². The minimum Gasteiger partial charge on any atom is -0.390 e. The lowest BCUT2D eigenvalue weighted by atomic mass is 9.99. The first kappa shape index (κ1) is 19.1. The van der Waals surface area contributed by atoms with Crippen molar-refractivity contribution in [1.29, 1.82) is 5.26 Å². The van der Waals surface area contributed by atoms with Crippen LogP contribution in [0.1, 0.15) is 5.69 Å². The highest BCUT2D eigenvalue weighted by Gasteiger charge is 2.24. The van der Waals surface area contributed by atoms with Crippen molar-refractivity contribution in [2.24, 2.45) is 5.14 Å². The van der Waals surface area contributed by atoms with E-state index in [1.54, 1.807) is 42.5 Å². The van der Waals surface area contributed by atoms with Crippen LogP contribution in [0.3, 0.4) is 0 Å². The largest absolute Gasteiger partial charge is 0.390 e. The summed E-state index contributed by atoms with van der Waals surface area (Å²) in [5.41, 5.74) is 2.17. The van der Waals surface area contributed by atoms with Crippen LogP contribution in [-0.4, -0.2) is 23.3 Å². The third-order valence-corrected chi connectivity index (χ3v) is 5.23. The molecule has 3 rings (SSSR count). The van der Waals surface area contributed by atoms with Crippen molar-refractivity contribution >= 4 is 21.6 Å². The fraction of sp³-hybridized carbons (Fsp3) is 0.111. The molecule has 0 spiro atoms. The highest BCUT2D eigenvalue weighted by Crippen LogP contribution is 2.37. The molecule has 2 aromatic carbocycles. The topological polar surface area (TPSA) is 122 Å². The molecular formula is C18H15ClN4O3S. The molecule has 1 heterocycles. The molecule has 3 N–H and O–H groups in total. The normalized spacial score (nSPS) is 11.3. The zero-order valence-corrected chi connectivity index (χ0v) is 15.6. The number of halogens is 1. The molecule has 0 atom stereocenters. The van der Waals surface area contributed by atoms with Gasteiger partial charge in [0.1, 0.15) is 12.2 Å². The average molecular weight is 403 g/mol. The molecule has 9 heteroatoms. The van der Waals surface area contributed by atoms with E-state index < -0.39 is 10.0 Å². The first-order chi connectivity index (χ1) is 12.9. The molecular weight excluding hydrogens is 388 g/mol. The summed E-state index contributed by atoms with van der Waals surface area (Å²) in [7, 11) is -4.01. The van der Waals surface area contributed by atoms with Crippen LogP contribution in [0.15, 0.2) is 53.4 Å². The molecule has 0 aliphatic heterocycles. The SMILES string of the molecule is N#CCn1nc(-c2ccccc2S(N)(=O)=O)c(-c2ccc(Cl)cc2)c1CO. The van der Waals surface area contributed by atoms with Gasteiger partial charge in [-0.2, -0.15) is 10.4 Å². The summed E-state index contributed by atoms with van der Waals surface area (Å²) in [6.07, 6.45) is 0. The highest BCUT2D eigenvalue weighted by atomic mass is 35.5. The Balaban J connectivity index is 2.38. The molecule has 0 saturated carbocycles. The summed E-state index contributed by atoms with van der Waals surface area (Å²) in [5, 5.41) is 29.2. The molecule has 3 aromatic rings. The molecule has 0 fully saturated rings. The zero-order chi connectivity index (χ0) is 19.6. The highest BCUT2D eigenvalue weighted by molar-refractivity contribution is 7.89. The molecule has 0 aliphatic rings. The van der Waals surface area contributed by atoms with Gasteiger partial charge in [-0.1, -0.05) is 41.9 Å². The number of primary sulfonamides is 1. The first-order valence-electron chi connectivity index (χ1n) is 7.82. The summed E-state index contributed by atoms with van der Waals surface area (Å²) in [6.45, 7) is -0.488. The van der Waals surface area contributed by atoms with Crippen LogP contribution in [-0.2, 0) is 23.2 Å². The third-order valence-electron chi connectivity index (χ3n) is 4.01. The minimum atomic E-state index is -4.01. The van der Waals surface area contributed by atoms with Crippen LogP contribution in [0, 0.1) is 11.3 Å². The molecule has 0 bridgehead atoms. The zero-order valence-electron chi connectivity index (χ0n) is 14.0. The second-order valence-electron chi connectivity index (χ2n) is 5.69. The summed E-state index contributed by atoms with van der Waals surface area (Å²) >= 11 is 5.96. The van der Waals surface area contributed by atoms with Crippen LogP contribution in [0.5, 0.6) is 0 Å². The van der Waals surface area contributed by atoms with Gasteiger partial charge in [0, 0.05) is 16.1 Å². The van der Waals surface area contributed by atoms with Crippen molar-refractivity contribution in [2.75, 3.05) is 0 Å². The number of hydrogen-bond acceptors (Lipinski definition) is 5. The molecule has 0 unspecified atom stereocenters. The van der Waals surface area contributed by atoms with E-state index in [0.717, 1.165) is 0 Å². The van der Waals surface area contributed by atoms with E-state index in [2.05, 4.69) is 5.10 Å². The van der Waals surface area contributed by atoms with Gasteiger partial charge >= 0.3 is 0 Å². The van der Waals surface area contributed by atoms with Crippen molar-refractivity contribution in [3.05, 3.63) is 59.2 Å². The lowest BCUT2D eigenvalue weighted by Crippen LogP contribution is -2.13. The Bertz CT molecular complexity index is 1130. The predicted octanol–water partition coefficient (Wildman–Crippen LogP) is 2.53. The molecule has 0 radical (unpaired) electrons. The van der Waals surface area contributed by atoms with Crippen LogP contribution < -0.4 is 5.14 Å². The maximum absolute atomic E-state index is 12.0. The first-order valence-corrected chi connectivity index (χ1v) is 9.75. The quantitative estimate of drug-likeness (QED) is 0.678.